The topological polar surface area (TPSA) is 78.9 Å². The molecule has 6 heteroatoms. The van der Waals surface area contributed by atoms with Crippen molar-refractivity contribution in [3.05, 3.63) is 170 Å². The van der Waals surface area contributed by atoms with Crippen LogP contribution in [0, 0.1) is 0 Å². The number of unbranched alkanes of at least 4 members (excludes halogenated alkanes) is 18. The Balaban J connectivity index is 4.43. The minimum Gasteiger partial charge on any atom is -0.462 e. The molecule has 0 aliphatic rings. The van der Waals surface area contributed by atoms with Crippen LogP contribution in [0.1, 0.15) is 265 Å². The van der Waals surface area contributed by atoms with E-state index in [2.05, 4.69) is 191 Å². The highest BCUT2D eigenvalue weighted by Crippen LogP contribution is 2.15. The lowest BCUT2D eigenvalue weighted by molar-refractivity contribution is -0.167. The van der Waals surface area contributed by atoms with Crippen molar-refractivity contribution >= 4 is 17.9 Å². The van der Waals surface area contributed by atoms with Gasteiger partial charge in [-0.25, -0.2) is 0 Å². The van der Waals surface area contributed by atoms with Crippen LogP contribution in [-0.4, -0.2) is 37.2 Å². The molecule has 0 rings (SSSR count). The molecule has 6 nitrogen and oxygen atoms in total. The first-order valence-electron chi connectivity index (χ1n) is 32.6. The lowest BCUT2D eigenvalue weighted by Crippen LogP contribution is -2.30. The molecule has 0 bridgehead atoms. The van der Waals surface area contributed by atoms with Crippen molar-refractivity contribution in [2.75, 3.05) is 13.2 Å². The molecule has 0 fully saturated rings. The van der Waals surface area contributed by atoms with Gasteiger partial charge in [0.2, 0.25) is 0 Å². The number of carbonyl (C=O) groups excluding carboxylic acids is 3. The Labute approximate surface area is 498 Å². The average molecular weight is 1120 g/mol. The fourth-order valence-corrected chi connectivity index (χ4v) is 8.40. The lowest BCUT2D eigenvalue weighted by Gasteiger charge is -2.18. The summed E-state index contributed by atoms with van der Waals surface area (Å²) in [6.07, 6.45) is 99.3. The Morgan fingerprint density at radius 1 is 0.259 bits per heavy atom. The smallest absolute Gasteiger partial charge is 0.306 e. The molecule has 0 aliphatic carbocycles. The minimum absolute atomic E-state index is 0.107. The van der Waals surface area contributed by atoms with Crippen LogP contribution in [0.3, 0.4) is 0 Å². The number of allylic oxidation sites excluding steroid dienone is 28. The molecule has 0 aromatic heterocycles. The molecule has 81 heavy (non-hydrogen) atoms. The molecule has 0 saturated carbocycles. The highest BCUT2D eigenvalue weighted by molar-refractivity contribution is 5.71. The number of rotatable bonds is 57. The molecule has 0 radical (unpaired) electrons. The van der Waals surface area contributed by atoms with Crippen molar-refractivity contribution < 1.29 is 28.6 Å². The molecular weight excluding hydrogens is 997 g/mol. The summed E-state index contributed by atoms with van der Waals surface area (Å²) in [4.78, 5) is 38.3. The maximum Gasteiger partial charge on any atom is 0.306 e. The lowest BCUT2D eigenvalue weighted by atomic mass is 10.0. The summed E-state index contributed by atoms with van der Waals surface area (Å²) < 4.78 is 16.8. The van der Waals surface area contributed by atoms with E-state index in [4.69, 9.17) is 14.2 Å². The first-order valence-corrected chi connectivity index (χ1v) is 32.6. The van der Waals surface area contributed by atoms with Gasteiger partial charge in [0.05, 0.1) is 0 Å². The first-order chi connectivity index (χ1) is 40.0. The Kier molecular flexibility index (Phi) is 62.9. The monoisotopic (exact) mass is 1110 g/mol. The third-order valence-corrected chi connectivity index (χ3v) is 13.2. The maximum atomic E-state index is 12.9. The molecule has 0 N–H and O–H groups in total. The number of hydrogen-bond donors (Lipinski definition) is 0. The van der Waals surface area contributed by atoms with Gasteiger partial charge in [0.1, 0.15) is 13.2 Å². The molecule has 454 valence electrons. The molecule has 0 saturated heterocycles. The molecular formula is C75H118O6. The fourth-order valence-electron chi connectivity index (χ4n) is 8.40. The van der Waals surface area contributed by atoms with Crippen molar-refractivity contribution in [2.45, 2.75) is 271 Å². The summed E-state index contributed by atoms with van der Waals surface area (Å²) in [5.74, 6) is -0.980. The fraction of sp³-hybridized carbons (Fsp3) is 0.587. The largest absolute Gasteiger partial charge is 0.462 e. The summed E-state index contributed by atoms with van der Waals surface area (Å²) in [5.41, 5.74) is 0. The van der Waals surface area contributed by atoms with Crippen LogP contribution in [0.25, 0.3) is 0 Å². The molecule has 0 amide bonds. The number of esters is 3. The zero-order valence-corrected chi connectivity index (χ0v) is 52.0. The standard InChI is InChI=1S/C75H118O6/c1-4-7-10-13-16-19-22-25-27-29-30-31-32-33-34-35-36-37-38-39-40-41-42-43-44-46-47-50-53-56-59-62-65-68-74(77)80-71-72(70-79-73(76)67-64-61-58-55-52-49-24-21-18-15-12-9-6-3)81-75(78)69-66-63-60-57-54-51-48-45-28-26-23-20-17-14-11-8-5-2/h7-8,10-11,16-17,19-20,25-28,30-31,33-34,36-37,39-40,42-43,46-48,51,53,56,72H,4-6,9,12-15,18,21-24,29,32,35,38,41,44-45,49-50,52,54-55,57-71H2,1-3H3/b10-7-,11-8-,19-16-,20-17-,27-25-,28-26-,31-30-,34-33-,37-36-,40-39-,43-42-,47-46-,51-48-,56-53-. The van der Waals surface area contributed by atoms with Crippen molar-refractivity contribution in [1.29, 1.82) is 0 Å². The Hall–Kier alpha value is -5.23. The van der Waals surface area contributed by atoms with Crippen molar-refractivity contribution in [3.8, 4) is 0 Å². The van der Waals surface area contributed by atoms with E-state index in [-0.39, 0.29) is 44.0 Å². The van der Waals surface area contributed by atoms with Crippen LogP contribution in [-0.2, 0) is 28.6 Å². The van der Waals surface area contributed by atoms with Gasteiger partial charge in [-0.1, -0.05) is 281 Å². The molecule has 0 aliphatic heterocycles. The summed E-state index contributed by atoms with van der Waals surface area (Å²) in [6.45, 7) is 6.35. The Morgan fingerprint density at radius 2 is 0.481 bits per heavy atom. The van der Waals surface area contributed by atoms with Crippen LogP contribution in [0.4, 0.5) is 0 Å². The van der Waals surface area contributed by atoms with Crippen LogP contribution in [0.5, 0.6) is 0 Å². The summed E-state index contributed by atoms with van der Waals surface area (Å²) in [7, 11) is 0. The summed E-state index contributed by atoms with van der Waals surface area (Å²) in [6, 6.07) is 0. The van der Waals surface area contributed by atoms with Gasteiger partial charge in [-0.3, -0.25) is 14.4 Å². The zero-order valence-electron chi connectivity index (χ0n) is 52.0. The summed E-state index contributed by atoms with van der Waals surface area (Å²) in [5, 5.41) is 0. The van der Waals surface area contributed by atoms with Gasteiger partial charge >= 0.3 is 17.9 Å². The minimum atomic E-state index is -0.817. The van der Waals surface area contributed by atoms with Crippen LogP contribution >= 0.6 is 0 Å². The van der Waals surface area contributed by atoms with E-state index in [1.54, 1.807) is 0 Å². The highest BCUT2D eigenvalue weighted by atomic mass is 16.6. The Morgan fingerprint density at radius 3 is 0.778 bits per heavy atom. The van der Waals surface area contributed by atoms with Crippen molar-refractivity contribution in [2.24, 2.45) is 0 Å². The number of carbonyl (C=O) groups is 3. The van der Waals surface area contributed by atoms with Gasteiger partial charge in [-0.15, -0.1) is 0 Å². The number of ether oxygens (including phenoxy) is 3. The van der Waals surface area contributed by atoms with Crippen LogP contribution in [0.2, 0.25) is 0 Å². The second-order valence-corrected chi connectivity index (χ2v) is 20.9. The predicted molar refractivity (Wildman–Crippen MR) is 352 cm³/mol. The maximum absolute atomic E-state index is 12.9. The quantitative estimate of drug-likeness (QED) is 0.0261. The van der Waals surface area contributed by atoms with E-state index in [0.717, 1.165) is 154 Å². The molecule has 0 spiro atoms. The third-order valence-electron chi connectivity index (χ3n) is 13.2. The average Bonchev–Trinajstić information content (AvgIpc) is 3.46. The van der Waals surface area contributed by atoms with Gasteiger partial charge in [-0.05, 0) is 135 Å². The highest BCUT2D eigenvalue weighted by Gasteiger charge is 2.19. The SMILES string of the molecule is CC/C=C\C/C=C\C/C=C\C/C=C\C/C=C\C/C=C\C/C=C\C/C=C\C/C=C\C/C=C\CCCCC(=O)OCC(COC(=O)CCCCCCCCCCCCCCC)OC(=O)CCCCCC/C=C\C/C=C\C/C=C\C/C=C\CC. The van der Waals surface area contributed by atoms with Gasteiger partial charge in [0.15, 0.2) is 6.10 Å². The predicted octanol–water partition coefficient (Wildman–Crippen LogP) is 22.7. The van der Waals surface area contributed by atoms with Gasteiger partial charge in [-0.2, -0.15) is 0 Å². The number of hydrogen-bond acceptors (Lipinski definition) is 6. The van der Waals surface area contributed by atoms with Crippen molar-refractivity contribution in [1.82, 2.24) is 0 Å². The summed E-state index contributed by atoms with van der Waals surface area (Å²) >= 11 is 0. The molecule has 1 unspecified atom stereocenters. The van der Waals surface area contributed by atoms with Crippen LogP contribution < -0.4 is 0 Å². The van der Waals surface area contributed by atoms with Gasteiger partial charge in [0, 0.05) is 19.3 Å². The van der Waals surface area contributed by atoms with E-state index in [1.807, 2.05) is 0 Å². The van der Waals surface area contributed by atoms with E-state index < -0.39 is 6.10 Å². The second-order valence-electron chi connectivity index (χ2n) is 20.9. The van der Waals surface area contributed by atoms with Crippen molar-refractivity contribution in [3.63, 3.8) is 0 Å². The van der Waals surface area contributed by atoms with Gasteiger partial charge in [0.25, 0.3) is 0 Å². The molecule has 0 aromatic rings. The zero-order chi connectivity index (χ0) is 58.5. The first kappa shape index (κ1) is 75.8. The normalized spacial score (nSPS) is 13.3. The molecule has 1 atom stereocenters. The third kappa shape index (κ3) is 65.5. The van der Waals surface area contributed by atoms with E-state index >= 15 is 0 Å². The second kappa shape index (κ2) is 67.3. The molecule has 0 aromatic carbocycles. The van der Waals surface area contributed by atoms with Gasteiger partial charge < -0.3 is 14.2 Å². The van der Waals surface area contributed by atoms with E-state index in [0.29, 0.717) is 12.8 Å². The van der Waals surface area contributed by atoms with Crippen LogP contribution in [0.15, 0.2) is 170 Å². The molecule has 0 heterocycles. The van der Waals surface area contributed by atoms with E-state index in [1.165, 1.54) is 64.2 Å². The van der Waals surface area contributed by atoms with E-state index in [9.17, 15) is 14.4 Å². The Bertz CT molecular complexity index is 1860.